The summed E-state index contributed by atoms with van der Waals surface area (Å²) in [5.74, 6) is 0.538. The van der Waals surface area contributed by atoms with Gasteiger partial charge in [-0.25, -0.2) is 14.2 Å². The van der Waals surface area contributed by atoms with Gasteiger partial charge in [-0.2, -0.15) is 10.2 Å². The highest BCUT2D eigenvalue weighted by atomic mass is 16.6. The van der Waals surface area contributed by atoms with E-state index in [9.17, 15) is 0 Å². The highest BCUT2D eigenvalue weighted by Crippen LogP contribution is 2.32. The second-order valence-electron chi connectivity index (χ2n) is 7.46. The smallest absolute Gasteiger partial charge is 0.240 e. The number of hydrogen-bond acceptors (Lipinski definition) is 6. The van der Waals surface area contributed by atoms with Gasteiger partial charge in [0.2, 0.25) is 5.88 Å². The van der Waals surface area contributed by atoms with Gasteiger partial charge in [0.05, 0.1) is 42.6 Å². The first-order valence-corrected chi connectivity index (χ1v) is 9.97. The predicted molar refractivity (Wildman–Crippen MR) is 113 cm³/mol. The van der Waals surface area contributed by atoms with Crippen molar-refractivity contribution >= 4 is 5.65 Å². The Morgan fingerprint density at radius 2 is 2.00 bits per heavy atom. The molecule has 9 heteroatoms. The molecule has 1 aromatic carbocycles. The van der Waals surface area contributed by atoms with Crippen LogP contribution in [0.4, 0.5) is 0 Å². The number of hydrogen-bond donors (Lipinski definition) is 0. The zero-order valence-electron chi connectivity index (χ0n) is 16.8. The zero-order valence-corrected chi connectivity index (χ0v) is 16.8. The molecule has 5 aromatic rings. The number of rotatable bonds is 5. The number of imidazole rings is 1. The van der Waals surface area contributed by atoms with Gasteiger partial charge in [-0.05, 0) is 24.3 Å². The molecule has 0 saturated carbocycles. The summed E-state index contributed by atoms with van der Waals surface area (Å²) < 4.78 is 16.8. The third-order valence-electron chi connectivity index (χ3n) is 5.27. The Hall–Kier alpha value is -3.98. The molecular formula is C22H19N7O2. The van der Waals surface area contributed by atoms with Gasteiger partial charge in [0.25, 0.3) is 0 Å². The second-order valence-corrected chi connectivity index (χ2v) is 7.46. The molecular weight excluding hydrogens is 394 g/mol. The van der Waals surface area contributed by atoms with Crippen LogP contribution in [0, 0.1) is 0 Å². The Morgan fingerprint density at radius 1 is 1.06 bits per heavy atom. The molecule has 0 radical (unpaired) electrons. The highest BCUT2D eigenvalue weighted by molar-refractivity contribution is 5.73. The first-order chi connectivity index (χ1) is 15.2. The monoisotopic (exact) mass is 413 g/mol. The van der Waals surface area contributed by atoms with Gasteiger partial charge < -0.3 is 9.47 Å². The Kier molecular flexibility index (Phi) is 4.07. The molecule has 31 heavy (non-hydrogen) atoms. The van der Waals surface area contributed by atoms with Crippen molar-refractivity contribution < 1.29 is 9.47 Å². The van der Waals surface area contributed by atoms with Crippen molar-refractivity contribution in [2.45, 2.75) is 6.10 Å². The Labute approximate surface area is 177 Å². The number of aryl methyl sites for hydroxylation is 1. The van der Waals surface area contributed by atoms with E-state index in [0.29, 0.717) is 19.1 Å². The van der Waals surface area contributed by atoms with Gasteiger partial charge in [-0.15, -0.1) is 5.10 Å². The minimum atomic E-state index is -0.00418. The normalized spacial score (nSPS) is 14.1. The molecule has 1 aliphatic heterocycles. The average molecular weight is 413 g/mol. The summed E-state index contributed by atoms with van der Waals surface area (Å²) in [6, 6.07) is 12.0. The minimum Gasteiger partial charge on any atom is -0.468 e. The van der Waals surface area contributed by atoms with E-state index in [1.807, 2.05) is 65.2 Å². The quantitative estimate of drug-likeness (QED) is 0.441. The van der Waals surface area contributed by atoms with E-state index < -0.39 is 0 Å². The molecule has 1 saturated heterocycles. The van der Waals surface area contributed by atoms with Crippen molar-refractivity contribution in [3.05, 3.63) is 67.4 Å². The first-order valence-electron chi connectivity index (χ1n) is 9.97. The minimum absolute atomic E-state index is 0.00418. The topological polar surface area (TPSA) is 84.3 Å². The molecule has 0 amide bonds. The predicted octanol–water partition coefficient (Wildman–Crippen LogP) is 2.76. The molecule has 4 aromatic heterocycles. The van der Waals surface area contributed by atoms with Gasteiger partial charge in [-0.3, -0.25) is 4.68 Å². The lowest BCUT2D eigenvalue weighted by Gasteiger charge is -2.26. The second kappa shape index (κ2) is 7.06. The summed E-state index contributed by atoms with van der Waals surface area (Å²) in [7, 11) is 1.88. The number of aromatic nitrogens is 7. The van der Waals surface area contributed by atoms with Crippen LogP contribution in [0.1, 0.15) is 0 Å². The average Bonchev–Trinajstić information content (AvgIpc) is 3.51. The zero-order chi connectivity index (χ0) is 20.8. The summed E-state index contributed by atoms with van der Waals surface area (Å²) >= 11 is 0. The lowest BCUT2D eigenvalue weighted by atomic mass is 10.1. The molecule has 0 unspecified atom stereocenters. The summed E-state index contributed by atoms with van der Waals surface area (Å²) in [5.41, 5.74) is 5.34. The maximum Gasteiger partial charge on any atom is 0.240 e. The van der Waals surface area contributed by atoms with Crippen molar-refractivity contribution in [2.24, 2.45) is 7.05 Å². The van der Waals surface area contributed by atoms with Crippen LogP contribution < -0.4 is 4.74 Å². The molecule has 154 valence electrons. The van der Waals surface area contributed by atoms with E-state index in [1.54, 1.807) is 17.1 Å². The van der Waals surface area contributed by atoms with E-state index in [2.05, 4.69) is 21.2 Å². The largest absolute Gasteiger partial charge is 0.468 e. The lowest BCUT2D eigenvalue weighted by Crippen LogP contribution is -2.39. The number of fused-ring (bicyclic) bond motifs is 1. The molecule has 6 rings (SSSR count). The molecule has 0 bridgehead atoms. The van der Waals surface area contributed by atoms with Crippen LogP contribution in [-0.2, 0) is 11.8 Å². The first kappa shape index (κ1) is 17.8. The SMILES string of the molecule is Cn1cc(-c2cc3ncc(-c4cccc(-n5cccn5)c4)n3nc2OC2COC2)cn1. The van der Waals surface area contributed by atoms with Gasteiger partial charge >= 0.3 is 0 Å². The van der Waals surface area contributed by atoms with Crippen LogP contribution in [0.15, 0.2) is 67.4 Å². The Morgan fingerprint density at radius 3 is 2.74 bits per heavy atom. The molecule has 1 fully saturated rings. The fourth-order valence-corrected chi connectivity index (χ4v) is 3.62. The third-order valence-corrected chi connectivity index (χ3v) is 5.27. The van der Waals surface area contributed by atoms with Crippen molar-refractivity contribution in [2.75, 3.05) is 13.2 Å². The van der Waals surface area contributed by atoms with Crippen molar-refractivity contribution in [1.29, 1.82) is 0 Å². The van der Waals surface area contributed by atoms with E-state index in [4.69, 9.17) is 14.6 Å². The van der Waals surface area contributed by atoms with E-state index >= 15 is 0 Å². The summed E-state index contributed by atoms with van der Waals surface area (Å²) in [4.78, 5) is 4.61. The van der Waals surface area contributed by atoms with E-state index in [0.717, 1.165) is 33.7 Å². The molecule has 1 aliphatic rings. The highest BCUT2D eigenvalue weighted by Gasteiger charge is 2.24. The molecule has 0 atom stereocenters. The number of benzene rings is 1. The van der Waals surface area contributed by atoms with E-state index in [-0.39, 0.29) is 6.10 Å². The van der Waals surface area contributed by atoms with Gasteiger partial charge in [-0.1, -0.05) is 12.1 Å². The van der Waals surface area contributed by atoms with Crippen LogP contribution in [-0.4, -0.2) is 53.5 Å². The van der Waals surface area contributed by atoms with Crippen molar-refractivity contribution in [1.82, 2.24) is 34.2 Å². The molecule has 9 nitrogen and oxygen atoms in total. The standard InChI is InChI=1S/C22H19N7O2/c1-27-12-16(10-25-27)19-9-21-23-11-20(29(21)26-22(19)31-18-13-30-14-18)15-4-2-5-17(8-15)28-7-3-6-24-28/h2-12,18H,13-14H2,1H3. The van der Waals surface area contributed by atoms with Crippen LogP contribution in [0.2, 0.25) is 0 Å². The summed E-state index contributed by atoms with van der Waals surface area (Å²) in [5, 5.41) is 13.4. The van der Waals surface area contributed by atoms with Crippen LogP contribution >= 0.6 is 0 Å². The maximum atomic E-state index is 6.16. The Bertz CT molecular complexity index is 1370. The van der Waals surface area contributed by atoms with Gasteiger partial charge in [0.1, 0.15) is 6.10 Å². The van der Waals surface area contributed by atoms with E-state index in [1.165, 1.54) is 0 Å². The Balaban J connectivity index is 1.48. The fourth-order valence-electron chi connectivity index (χ4n) is 3.62. The number of ether oxygens (including phenoxy) is 2. The van der Waals surface area contributed by atoms with Crippen molar-refractivity contribution in [3.63, 3.8) is 0 Å². The van der Waals surface area contributed by atoms with Gasteiger partial charge in [0, 0.05) is 36.8 Å². The number of nitrogens with zero attached hydrogens (tertiary/aromatic N) is 7. The third kappa shape index (κ3) is 3.15. The van der Waals surface area contributed by atoms with Crippen LogP contribution in [0.25, 0.3) is 33.7 Å². The van der Waals surface area contributed by atoms with Crippen LogP contribution in [0.3, 0.4) is 0 Å². The van der Waals surface area contributed by atoms with Crippen LogP contribution in [0.5, 0.6) is 5.88 Å². The van der Waals surface area contributed by atoms with Crippen molar-refractivity contribution in [3.8, 4) is 34.0 Å². The molecule has 0 N–H and O–H groups in total. The summed E-state index contributed by atoms with van der Waals surface area (Å²) in [6.07, 6.45) is 9.24. The maximum absolute atomic E-state index is 6.16. The summed E-state index contributed by atoms with van der Waals surface area (Å²) in [6.45, 7) is 1.13. The van der Waals surface area contributed by atoms with Gasteiger partial charge in [0.15, 0.2) is 5.65 Å². The molecule has 0 aliphatic carbocycles. The molecule has 0 spiro atoms. The lowest BCUT2D eigenvalue weighted by molar-refractivity contribution is -0.0814. The molecule has 5 heterocycles. The fraction of sp³-hybridized carbons (Fsp3) is 0.182.